The average molecular weight is 284 g/mol. The summed E-state index contributed by atoms with van der Waals surface area (Å²) in [5.41, 5.74) is 2.16. The highest BCUT2D eigenvalue weighted by Gasteiger charge is 2.21. The van der Waals surface area contributed by atoms with E-state index in [4.69, 9.17) is 10.2 Å². The van der Waals surface area contributed by atoms with Crippen LogP contribution in [0.1, 0.15) is 24.8 Å². The molecule has 0 unspecified atom stereocenters. The summed E-state index contributed by atoms with van der Waals surface area (Å²) in [5, 5.41) is 13.9. The highest BCUT2D eigenvalue weighted by molar-refractivity contribution is 7.89. The van der Waals surface area contributed by atoms with Crippen LogP contribution in [0.3, 0.4) is 0 Å². The first-order chi connectivity index (χ1) is 9.02. The van der Waals surface area contributed by atoms with Crippen molar-refractivity contribution in [3.05, 3.63) is 23.8 Å². The highest BCUT2D eigenvalue weighted by atomic mass is 32.2. The predicted octanol–water partition coefficient (Wildman–Crippen LogP) is 0.859. The number of nitrogens with two attached hydrogens (primary N) is 1. The van der Waals surface area contributed by atoms with E-state index in [2.05, 4.69) is 4.90 Å². The molecule has 5 nitrogen and oxygen atoms in total. The van der Waals surface area contributed by atoms with Crippen LogP contribution in [-0.4, -0.2) is 33.2 Å². The second kappa shape index (κ2) is 5.90. The van der Waals surface area contributed by atoms with Gasteiger partial charge in [0.05, 0.1) is 4.90 Å². The van der Waals surface area contributed by atoms with E-state index >= 15 is 0 Å². The Morgan fingerprint density at radius 3 is 2.74 bits per heavy atom. The van der Waals surface area contributed by atoms with Gasteiger partial charge in [0.15, 0.2) is 0 Å². The number of anilines is 1. The lowest BCUT2D eigenvalue weighted by Crippen LogP contribution is -2.22. The number of aliphatic hydroxyl groups is 1. The van der Waals surface area contributed by atoms with Crippen LogP contribution in [0, 0.1) is 0 Å². The Labute approximate surface area is 114 Å². The van der Waals surface area contributed by atoms with Crippen molar-refractivity contribution in [2.75, 3.05) is 24.6 Å². The lowest BCUT2D eigenvalue weighted by atomic mass is 10.2. The molecule has 1 aliphatic heterocycles. The predicted molar refractivity (Wildman–Crippen MR) is 74.7 cm³/mol. The number of hydrogen-bond acceptors (Lipinski definition) is 4. The Hall–Kier alpha value is -1.11. The second-order valence-electron chi connectivity index (χ2n) is 4.86. The van der Waals surface area contributed by atoms with E-state index in [0.29, 0.717) is 0 Å². The standard InChI is InChI=1S/C13H20N2O3S/c14-19(17,18)12-5-4-11-6-8-15(13(11)10-12)7-2-1-3-9-16/h4-5,10,16H,1-3,6-9H2,(H2,14,17,18). The van der Waals surface area contributed by atoms with Crippen molar-refractivity contribution in [2.24, 2.45) is 5.14 Å². The number of benzene rings is 1. The van der Waals surface area contributed by atoms with Gasteiger partial charge in [-0.25, -0.2) is 13.6 Å². The van der Waals surface area contributed by atoms with Gasteiger partial charge >= 0.3 is 0 Å². The molecule has 0 aromatic heterocycles. The van der Waals surface area contributed by atoms with Gasteiger partial charge in [0.2, 0.25) is 10.0 Å². The van der Waals surface area contributed by atoms with Crippen LogP contribution in [0.15, 0.2) is 23.1 Å². The topological polar surface area (TPSA) is 83.6 Å². The monoisotopic (exact) mass is 284 g/mol. The van der Waals surface area contributed by atoms with E-state index in [1.165, 1.54) is 5.56 Å². The number of sulfonamides is 1. The third-order valence-electron chi connectivity index (χ3n) is 3.46. The third kappa shape index (κ3) is 3.46. The molecule has 19 heavy (non-hydrogen) atoms. The van der Waals surface area contributed by atoms with Crippen LogP contribution in [-0.2, 0) is 16.4 Å². The quantitative estimate of drug-likeness (QED) is 0.759. The summed E-state index contributed by atoms with van der Waals surface area (Å²) in [7, 11) is -3.64. The normalized spacial score (nSPS) is 14.7. The Balaban J connectivity index is 2.10. The van der Waals surface area contributed by atoms with E-state index in [-0.39, 0.29) is 11.5 Å². The molecule has 6 heteroatoms. The summed E-state index contributed by atoms with van der Waals surface area (Å²) in [6.07, 6.45) is 3.75. The summed E-state index contributed by atoms with van der Waals surface area (Å²) in [5.74, 6) is 0. The van der Waals surface area contributed by atoms with E-state index in [1.807, 2.05) is 6.07 Å². The highest BCUT2D eigenvalue weighted by Crippen LogP contribution is 2.30. The molecule has 2 rings (SSSR count). The molecule has 106 valence electrons. The van der Waals surface area contributed by atoms with Crippen LogP contribution in [0.2, 0.25) is 0 Å². The lowest BCUT2D eigenvalue weighted by molar-refractivity contribution is 0.283. The lowest BCUT2D eigenvalue weighted by Gasteiger charge is -2.19. The molecule has 0 saturated heterocycles. The number of fused-ring (bicyclic) bond motifs is 1. The van der Waals surface area contributed by atoms with Crippen molar-refractivity contribution in [1.29, 1.82) is 0 Å². The van der Waals surface area contributed by atoms with Gasteiger partial charge in [-0.05, 0) is 43.4 Å². The Morgan fingerprint density at radius 1 is 1.26 bits per heavy atom. The maximum Gasteiger partial charge on any atom is 0.238 e. The summed E-state index contributed by atoms with van der Waals surface area (Å²) in [4.78, 5) is 2.37. The zero-order valence-electron chi connectivity index (χ0n) is 10.9. The number of hydrogen-bond donors (Lipinski definition) is 2. The zero-order chi connectivity index (χ0) is 13.9. The number of aliphatic hydroxyl groups excluding tert-OH is 1. The van der Waals surface area contributed by atoms with E-state index in [1.54, 1.807) is 12.1 Å². The summed E-state index contributed by atoms with van der Waals surface area (Å²) in [6, 6.07) is 5.09. The molecule has 3 N–H and O–H groups in total. The molecule has 0 bridgehead atoms. The molecule has 0 amide bonds. The van der Waals surface area contributed by atoms with Crippen molar-refractivity contribution in [3.8, 4) is 0 Å². The number of primary sulfonamides is 1. The molecule has 1 aliphatic rings. The molecule has 0 atom stereocenters. The molecule has 0 spiro atoms. The maximum absolute atomic E-state index is 11.4. The van der Waals surface area contributed by atoms with Gasteiger partial charge in [-0.2, -0.15) is 0 Å². The molecule has 0 fully saturated rings. The van der Waals surface area contributed by atoms with Gasteiger partial charge < -0.3 is 10.0 Å². The van der Waals surface area contributed by atoms with Gasteiger partial charge in [-0.1, -0.05) is 6.07 Å². The van der Waals surface area contributed by atoms with Gasteiger partial charge in [-0.3, -0.25) is 0 Å². The number of unbranched alkanes of at least 4 members (excludes halogenated alkanes) is 2. The molecular weight excluding hydrogens is 264 g/mol. The van der Waals surface area contributed by atoms with Gasteiger partial charge in [0.25, 0.3) is 0 Å². The van der Waals surface area contributed by atoms with Gasteiger partial charge in [0.1, 0.15) is 0 Å². The minimum absolute atomic E-state index is 0.175. The van der Waals surface area contributed by atoms with Crippen molar-refractivity contribution in [3.63, 3.8) is 0 Å². The molecule has 0 aliphatic carbocycles. The van der Waals surface area contributed by atoms with Crippen molar-refractivity contribution < 1.29 is 13.5 Å². The first-order valence-corrected chi connectivity index (χ1v) is 8.08. The van der Waals surface area contributed by atoms with Gasteiger partial charge in [0, 0.05) is 25.4 Å². The maximum atomic E-state index is 11.4. The first-order valence-electron chi connectivity index (χ1n) is 6.54. The first kappa shape index (κ1) is 14.3. The molecular formula is C13H20N2O3S. The summed E-state index contributed by atoms with van der Waals surface area (Å²) >= 11 is 0. The average Bonchev–Trinajstić information content (AvgIpc) is 2.76. The van der Waals surface area contributed by atoms with Crippen LogP contribution in [0.25, 0.3) is 0 Å². The van der Waals surface area contributed by atoms with Crippen molar-refractivity contribution >= 4 is 15.7 Å². The smallest absolute Gasteiger partial charge is 0.238 e. The van der Waals surface area contributed by atoms with Crippen LogP contribution < -0.4 is 10.0 Å². The fourth-order valence-electron chi connectivity index (χ4n) is 2.43. The molecule has 1 aromatic rings. The second-order valence-corrected chi connectivity index (χ2v) is 6.42. The van der Waals surface area contributed by atoms with E-state index in [0.717, 1.165) is 44.5 Å². The minimum atomic E-state index is -3.64. The SMILES string of the molecule is NS(=O)(=O)c1ccc2c(c1)N(CCCCCO)CC2. The fourth-order valence-corrected chi connectivity index (χ4v) is 2.96. The minimum Gasteiger partial charge on any atom is -0.396 e. The number of nitrogens with zero attached hydrogens (tertiary/aromatic N) is 1. The van der Waals surface area contributed by atoms with E-state index in [9.17, 15) is 8.42 Å². The van der Waals surface area contributed by atoms with Crippen LogP contribution in [0.4, 0.5) is 5.69 Å². The zero-order valence-corrected chi connectivity index (χ0v) is 11.7. The largest absolute Gasteiger partial charge is 0.396 e. The molecule has 0 radical (unpaired) electrons. The summed E-state index contributed by atoms with van der Waals surface area (Å²) in [6.45, 7) is 2.04. The van der Waals surface area contributed by atoms with Crippen molar-refractivity contribution in [2.45, 2.75) is 30.6 Å². The van der Waals surface area contributed by atoms with Crippen LogP contribution in [0.5, 0.6) is 0 Å². The fraction of sp³-hybridized carbons (Fsp3) is 0.538. The third-order valence-corrected chi connectivity index (χ3v) is 4.37. The molecule has 1 heterocycles. The number of rotatable bonds is 6. The van der Waals surface area contributed by atoms with E-state index < -0.39 is 10.0 Å². The summed E-state index contributed by atoms with van der Waals surface area (Å²) < 4.78 is 22.7. The molecule has 1 aromatic carbocycles. The van der Waals surface area contributed by atoms with Gasteiger partial charge in [-0.15, -0.1) is 0 Å². The Kier molecular flexibility index (Phi) is 4.44. The Morgan fingerprint density at radius 2 is 2.05 bits per heavy atom. The van der Waals surface area contributed by atoms with Crippen LogP contribution >= 0.6 is 0 Å². The molecule has 0 saturated carbocycles. The van der Waals surface area contributed by atoms with Crippen molar-refractivity contribution in [1.82, 2.24) is 0 Å². The Bertz CT molecular complexity index is 543.